The molecular weight excluding hydrogens is 394 g/mol. The molecule has 1 aliphatic heterocycles. The van der Waals surface area contributed by atoms with Crippen LogP contribution in [-0.2, 0) is 15.0 Å². The highest BCUT2D eigenvalue weighted by molar-refractivity contribution is 6.26. The second kappa shape index (κ2) is 5.95. The number of hydrogen-bond donors (Lipinski definition) is 0. The molecule has 2 atom stereocenters. The molecule has 0 radical (unpaired) electrons. The highest BCUT2D eigenvalue weighted by atomic mass is 16.2. The quantitative estimate of drug-likeness (QED) is 0.390. The van der Waals surface area contributed by atoms with Gasteiger partial charge in [0.15, 0.2) is 0 Å². The van der Waals surface area contributed by atoms with Gasteiger partial charge in [-0.25, -0.2) is 4.90 Å². The summed E-state index contributed by atoms with van der Waals surface area (Å²) in [7, 11) is 0. The van der Waals surface area contributed by atoms with Crippen LogP contribution in [0.2, 0.25) is 0 Å². The Hall–Kier alpha value is -3.72. The SMILES string of the molecule is CC12c3ccccc3C(c3ccccc31)[C@H]1C(=O)N(c3cccc4ccccc34)C(=O)[C@H]12. The van der Waals surface area contributed by atoms with E-state index in [2.05, 4.69) is 31.2 Å². The Morgan fingerprint density at radius 3 is 2.00 bits per heavy atom. The fourth-order valence-electron chi connectivity index (χ4n) is 6.79. The molecule has 3 heteroatoms. The molecule has 2 bridgehead atoms. The van der Waals surface area contributed by atoms with Crippen LogP contribution >= 0.6 is 0 Å². The summed E-state index contributed by atoms with van der Waals surface area (Å²) in [4.78, 5) is 29.7. The van der Waals surface area contributed by atoms with E-state index in [1.54, 1.807) is 0 Å². The lowest BCUT2D eigenvalue weighted by atomic mass is 9.48. The van der Waals surface area contributed by atoms with Gasteiger partial charge in [-0.1, -0.05) is 91.9 Å². The van der Waals surface area contributed by atoms with Crippen LogP contribution in [-0.4, -0.2) is 11.8 Å². The van der Waals surface area contributed by atoms with Crippen LogP contribution in [0.4, 0.5) is 5.69 Å². The maximum absolute atomic E-state index is 14.1. The lowest BCUT2D eigenvalue weighted by molar-refractivity contribution is -0.123. The first-order valence-electron chi connectivity index (χ1n) is 11.2. The molecule has 8 rings (SSSR count). The molecule has 154 valence electrons. The lowest BCUT2D eigenvalue weighted by Gasteiger charge is -2.52. The van der Waals surface area contributed by atoms with Crippen molar-refractivity contribution in [1.29, 1.82) is 0 Å². The molecule has 4 aliphatic rings. The van der Waals surface area contributed by atoms with Gasteiger partial charge in [0.25, 0.3) is 0 Å². The van der Waals surface area contributed by atoms with Crippen molar-refractivity contribution >= 4 is 28.3 Å². The first-order chi connectivity index (χ1) is 15.6. The normalized spacial score (nSPS) is 27.4. The molecule has 4 aromatic carbocycles. The molecule has 0 unspecified atom stereocenters. The van der Waals surface area contributed by atoms with Gasteiger partial charge in [-0.05, 0) is 33.7 Å². The highest BCUT2D eigenvalue weighted by Crippen LogP contribution is 2.64. The first-order valence-corrected chi connectivity index (χ1v) is 11.2. The number of amides is 2. The standard InChI is InChI=1S/C29H21NO2/c1-29-21-14-6-4-12-19(21)24(20-13-5-7-15-22(20)29)25-26(29)28(32)30(27(25)31)23-16-8-10-17-9-2-3-11-18(17)23/h2-16,24-26H,1H3/t24?,25-,26+,29?/m1/s1. The number of rotatable bonds is 1. The minimum absolute atomic E-state index is 0.0726. The van der Waals surface area contributed by atoms with Gasteiger partial charge in [0, 0.05) is 16.7 Å². The summed E-state index contributed by atoms with van der Waals surface area (Å²) < 4.78 is 0. The van der Waals surface area contributed by atoms with Crippen molar-refractivity contribution in [3.63, 3.8) is 0 Å². The van der Waals surface area contributed by atoms with Crippen molar-refractivity contribution in [2.45, 2.75) is 18.3 Å². The highest BCUT2D eigenvalue weighted by Gasteiger charge is 2.66. The van der Waals surface area contributed by atoms with Crippen LogP contribution in [0.5, 0.6) is 0 Å². The Kier molecular flexibility index (Phi) is 3.33. The summed E-state index contributed by atoms with van der Waals surface area (Å²) in [6.45, 7) is 2.16. The van der Waals surface area contributed by atoms with Crippen molar-refractivity contribution in [2.24, 2.45) is 11.8 Å². The maximum Gasteiger partial charge on any atom is 0.238 e. The largest absolute Gasteiger partial charge is 0.274 e. The molecular formula is C29H21NO2. The Bertz CT molecular complexity index is 1420. The molecule has 3 nitrogen and oxygen atoms in total. The molecule has 1 fully saturated rings. The summed E-state index contributed by atoms with van der Waals surface area (Å²) in [6, 6.07) is 30.6. The molecule has 2 amide bonds. The van der Waals surface area contributed by atoms with Gasteiger partial charge in [0.2, 0.25) is 11.8 Å². The minimum atomic E-state index is -0.529. The summed E-state index contributed by atoms with van der Waals surface area (Å²) in [5, 5.41) is 1.96. The van der Waals surface area contributed by atoms with Gasteiger partial charge in [0.05, 0.1) is 17.5 Å². The van der Waals surface area contributed by atoms with Crippen LogP contribution < -0.4 is 4.90 Å². The first kappa shape index (κ1) is 17.9. The van der Waals surface area contributed by atoms with E-state index in [4.69, 9.17) is 0 Å². The van der Waals surface area contributed by atoms with E-state index in [0.29, 0.717) is 5.69 Å². The molecule has 0 N–H and O–H groups in total. The van der Waals surface area contributed by atoms with E-state index in [-0.39, 0.29) is 23.7 Å². The number of carbonyl (C=O) groups is 2. The number of carbonyl (C=O) groups excluding carboxylic acids is 2. The van der Waals surface area contributed by atoms with Crippen molar-refractivity contribution in [2.75, 3.05) is 4.90 Å². The number of benzene rings is 4. The van der Waals surface area contributed by atoms with Gasteiger partial charge in [-0.3, -0.25) is 9.59 Å². The van der Waals surface area contributed by atoms with Gasteiger partial charge < -0.3 is 0 Å². The van der Waals surface area contributed by atoms with Gasteiger partial charge >= 0.3 is 0 Å². The number of hydrogen-bond acceptors (Lipinski definition) is 2. The van der Waals surface area contributed by atoms with E-state index in [9.17, 15) is 9.59 Å². The fourth-order valence-corrected chi connectivity index (χ4v) is 6.79. The second-order valence-corrected chi connectivity index (χ2v) is 9.37. The van der Waals surface area contributed by atoms with Crippen molar-refractivity contribution in [3.05, 3.63) is 113 Å². The summed E-state index contributed by atoms with van der Waals surface area (Å²) >= 11 is 0. The molecule has 0 spiro atoms. The van der Waals surface area contributed by atoms with E-state index >= 15 is 0 Å². The Labute approximate surface area is 186 Å². The Morgan fingerprint density at radius 2 is 1.28 bits per heavy atom. The molecule has 1 saturated heterocycles. The smallest absolute Gasteiger partial charge is 0.238 e. The van der Waals surface area contributed by atoms with E-state index in [1.807, 2.05) is 66.7 Å². The third kappa shape index (κ3) is 1.93. The van der Waals surface area contributed by atoms with E-state index in [1.165, 1.54) is 27.2 Å². The minimum Gasteiger partial charge on any atom is -0.274 e. The number of fused-ring (bicyclic) bond motifs is 1. The van der Waals surface area contributed by atoms with Crippen LogP contribution in [0.3, 0.4) is 0 Å². The van der Waals surface area contributed by atoms with Crippen molar-refractivity contribution in [1.82, 2.24) is 0 Å². The molecule has 1 heterocycles. The molecule has 0 aromatic heterocycles. The van der Waals surface area contributed by atoms with Crippen LogP contribution in [0.25, 0.3) is 10.8 Å². The van der Waals surface area contributed by atoms with E-state index in [0.717, 1.165) is 10.8 Å². The zero-order valence-corrected chi connectivity index (χ0v) is 17.7. The molecule has 4 aromatic rings. The summed E-state index contributed by atoms with van der Waals surface area (Å²) in [5.74, 6) is -1.02. The average molecular weight is 415 g/mol. The third-order valence-corrected chi connectivity index (χ3v) is 8.05. The van der Waals surface area contributed by atoms with Crippen molar-refractivity contribution in [3.8, 4) is 0 Å². The van der Waals surface area contributed by atoms with Crippen LogP contribution in [0, 0.1) is 11.8 Å². The Balaban J connectivity index is 1.50. The maximum atomic E-state index is 14.1. The number of anilines is 1. The summed E-state index contributed by atoms with van der Waals surface area (Å²) in [5.41, 5.74) is 4.92. The predicted molar refractivity (Wildman–Crippen MR) is 125 cm³/mol. The van der Waals surface area contributed by atoms with Crippen LogP contribution in [0.15, 0.2) is 91.0 Å². The molecule has 3 aliphatic carbocycles. The predicted octanol–water partition coefficient (Wildman–Crippen LogP) is 5.41. The monoisotopic (exact) mass is 415 g/mol. The third-order valence-electron chi connectivity index (χ3n) is 8.05. The zero-order valence-electron chi connectivity index (χ0n) is 17.7. The average Bonchev–Trinajstić information content (AvgIpc) is 3.10. The van der Waals surface area contributed by atoms with Gasteiger partial charge in [0.1, 0.15) is 0 Å². The van der Waals surface area contributed by atoms with Gasteiger partial charge in [-0.2, -0.15) is 0 Å². The summed E-state index contributed by atoms with van der Waals surface area (Å²) in [6.07, 6.45) is 0. The molecule has 32 heavy (non-hydrogen) atoms. The van der Waals surface area contributed by atoms with Crippen LogP contribution in [0.1, 0.15) is 35.1 Å². The van der Waals surface area contributed by atoms with Gasteiger partial charge in [-0.15, -0.1) is 0 Å². The van der Waals surface area contributed by atoms with E-state index < -0.39 is 11.3 Å². The Morgan fingerprint density at radius 1 is 0.688 bits per heavy atom. The molecule has 0 saturated carbocycles. The fraction of sp³-hybridized carbons (Fsp3) is 0.172. The number of imide groups is 1. The second-order valence-electron chi connectivity index (χ2n) is 9.37. The number of nitrogens with zero attached hydrogens (tertiary/aromatic N) is 1. The lowest BCUT2D eigenvalue weighted by Crippen LogP contribution is -2.51. The van der Waals surface area contributed by atoms with Crippen molar-refractivity contribution < 1.29 is 9.59 Å². The topological polar surface area (TPSA) is 37.4 Å². The zero-order chi connectivity index (χ0) is 21.6.